The van der Waals surface area contributed by atoms with Gasteiger partial charge in [0.2, 0.25) is 0 Å². The van der Waals surface area contributed by atoms with Crippen molar-refractivity contribution in [3.63, 3.8) is 0 Å². The lowest BCUT2D eigenvalue weighted by Crippen LogP contribution is -2.08. The maximum absolute atomic E-state index is 13.1. The van der Waals surface area contributed by atoms with Crippen LogP contribution in [0.15, 0.2) is 16.6 Å². The summed E-state index contributed by atoms with van der Waals surface area (Å²) in [6.45, 7) is 0. The first-order chi connectivity index (χ1) is 6.56. The summed E-state index contributed by atoms with van der Waals surface area (Å²) in [6, 6.07) is 2.65. The van der Waals surface area contributed by atoms with Crippen molar-refractivity contribution < 1.29 is 13.9 Å². The average molecular weight is 262 g/mol. The van der Waals surface area contributed by atoms with Gasteiger partial charge in [-0.3, -0.25) is 4.79 Å². The molecule has 0 aromatic heterocycles. The molecule has 14 heavy (non-hydrogen) atoms. The van der Waals surface area contributed by atoms with E-state index in [4.69, 9.17) is 5.73 Å². The zero-order chi connectivity index (χ0) is 10.7. The third-order valence-electron chi connectivity index (χ3n) is 1.78. The molecule has 0 atom stereocenters. The van der Waals surface area contributed by atoms with Gasteiger partial charge in [-0.05, 0) is 28.1 Å². The summed E-state index contributed by atoms with van der Waals surface area (Å²) in [7, 11) is 1.27. The number of benzene rings is 1. The molecule has 0 aliphatic heterocycles. The van der Waals surface area contributed by atoms with E-state index in [1.807, 2.05) is 0 Å². The van der Waals surface area contributed by atoms with Gasteiger partial charge in [-0.15, -0.1) is 0 Å². The van der Waals surface area contributed by atoms with Gasteiger partial charge in [-0.25, -0.2) is 4.39 Å². The molecule has 3 nitrogen and oxygen atoms in total. The zero-order valence-electron chi connectivity index (χ0n) is 7.51. The van der Waals surface area contributed by atoms with E-state index < -0.39 is 11.8 Å². The molecule has 0 amide bonds. The van der Waals surface area contributed by atoms with Gasteiger partial charge in [0.25, 0.3) is 0 Å². The van der Waals surface area contributed by atoms with Gasteiger partial charge in [0, 0.05) is 11.3 Å². The Hall–Kier alpha value is -1.10. The number of methoxy groups -OCH3 is 1. The Morgan fingerprint density at radius 3 is 2.86 bits per heavy atom. The van der Waals surface area contributed by atoms with E-state index in [9.17, 15) is 9.18 Å². The SMILES string of the molecule is COC(=O)Cc1c(N)ccc(F)c1Br. The quantitative estimate of drug-likeness (QED) is 0.654. The molecule has 0 bridgehead atoms. The second-order valence-electron chi connectivity index (χ2n) is 2.68. The molecule has 76 valence electrons. The summed E-state index contributed by atoms with van der Waals surface area (Å²) in [6.07, 6.45) is -0.0410. The molecular weight excluding hydrogens is 253 g/mol. The Labute approximate surface area is 89.2 Å². The van der Waals surface area contributed by atoms with Crippen molar-refractivity contribution >= 4 is 27.6 Å². The standard InChI is InChI=1S/C9H9BrFNO2/c1-14-8(13)4-5-7(12)3-2-6(11)9(5)10/h2-3H,4,12H2,1H3. The molecule has 0 aliphatic rings. The van der Waals surface area contributed by atoms with Crippen LogP contribution in [0.5, 0.6) is 0 Å². The van der Waals surface area contributed by atoms with Crippen molar-refractivity contribution in [2.45, 2.75) is 6.42 Å². The van der Waals surface area contributed by atoms with E-state index in [2.05, 4.69) is 20.7 Å². The number of anilines is 1. The minimum atomic E-state index is -0.456. The van der Waals surface area contributed by atoms with Gasteiger partial charge in [-0.2, -0.15) is 0 Å². The largest absolute Gasteiger partial charge is 0.469 e. The summed E-state index contributed by atoms with van der Waals surface area (Å²) < 4.78 is 17.7. The highest BCUT2D eigenvalue weighted by atomic mass is 79.9. The predicted molar refractivity (Wildman–Crippen MR) is 54.2 cm³/mol. The van der Waals surface area contributed by atoms with E-state index in [0.29, 0.717) is 11.3 Å². The average Bonchev–Trinajstić information content (AvgIpc) is 2.18. The summed E-state index contributed by atoms with van der Waals surface area (Å²) in [5, 5.41) is 0. The van der Waals surface area contributed by atoms with Gasteiger partial charge >= 0.3 is 5.97 Å². The molecule has 0 aliphatic carbocycles. The summed E-state index contributed by atoms with van der Waals surface area (Å²) in [5.74, 6) is -0.902. The lowest BCUT2D eigenvalue weighted by molar-refractivity contribution is -0.139. The van der Waals surface area contributed by atoms with Gasteiger partial charge in [-0.1, -0.05) is 0 Å². The second kappa shape index (κ2) is 4.41. The van der Waals surface area contributed by atoms with Gasteiger partial charge < -0.3 is 10.5 Å². The fraction of sp³-hybridized carbons (Fsp3) is 0.222. The maximum atomic E-state index is 13.1. The van der Waals surface area contributed by atoms with Crippen LogP contribution in [0.4, 0.5) is 10.1 Å². The van der Waals surface area contributed by atoms with Crippen molar-refractivity contribution in [2.75, 3.05) is 12.8 Å². The van der Waals surface area contributed by atoms with Crippen molar-refractivity contribution in [1.82, 2.24) is 0 Å². The lowest BCUT2D eigenvalue weighted by Gasteiger charge is -2.07. The van der Waals surface area contributed by atoms with Crippen LogP contribution >= 0.6 is 15.9 Å². The van der Waals surface area contributed by atoms with Crippen LogP contribution in [0.25, 0.3) is 0 Å². The van der Waals surface area contributed by atoms with Gasteiger partial charge in [0.15, 0.2) is 0 Å². The van der Waals surface area contributed by atoms with E-state index in [1.54, 1.807) is 0 Å². The molecule has 0 saturated heterocycles. The number of nitrogens with two attached hydrogens (primary N) is 1. The topological polar surface area (TPSA) is 52.3 Å². The Kier molecular flexibility index (Phi) is 3.46. The Bertz CT molecular complexity index is 368. The van der Waals surface area contributed by atoms with E-state index in [-0.39, 0.29) is 10.9 Å². The van der Waals surface area contributed by atoms with Crippen molar-refractivity contribution in [2.24, 2.45) is 0 Å². The Balaban J connectivity index is 3.06. The Morgan fingerprint density at radius 1 is 1.64 bits per heavy atom. The number of carbonyl (C=O) groups excluding carboxylic acids is 1. The molecule has 0 saturated carbocycles. The number of ether oxygens (including phenoxy) is 1. The number of hydrogen-bond acceptors (Lipinski definition) is 3. The first-order valence-electron chi connectivity index (χ1n) is 3.85. The van der Waals surface area contributed by atoms with Crippen LogP contribution in [-0.2, 0) is 16.0 Å². The number of carbonyl (C=O) groups is 1. The van der Waals surface area contributed by atoms with Crippen molar-refractivity contribution in [3.8, 4) is 0 Å². The molecule has 1 aromatic rings. The summed E-state index contributed by atoms with van der Waals surface area (Å²) in [5.41, 5.74) is 6.37. The molecule has 0 spiro atoms. The van der Waals surface area contributed by atoms with Gasteiger partial charge in [0.05, 0.1) is 18.0 Å². The highest BCUT2D eigenvalue weighted by Crippen LogP contribution is 2.26. The van der Waals surface area contributed by atoms with Crippen LogP contribution < -0.4 is 5.73 Å². The van der Waals surface area contributed by atoms with Gasteiger partial charge in [0.1, 0.15) is 5.82 Å². The van der Waals surface area contributed by atoms with Crippen LogP contribution in [-0.4, -0.2) is 13.1 Å². The van der Waals surface area contributed by atoms with Crippen LogP contribution in [0.1, 0.15) is 5.56 Å². The number of rotatable bonds is 2. The summed E-state index contributed by atoms with van der Waals surface area (Å²) in [4.78, 5) is 11.0. The number of esters is 1. The monoisotopic (exact) mass is 261 g/mol. The zero-order valence-corrected chi connectivity index (χ0v) is 9.10. The molecule has 1 aromatic carbocycles. The molecule has 1 rings (SSSR count). The smallest absolute Gasteiger partial charge is 0.310 e. The van der Waals surface area contributed by atoms with Crippen LogP contribution in [0.3, 0.4) is 0 Å². The Morgan fingerprint density at radius 2 is 2.29 bits per heavy atom. The minimum absolute atomic E-state index is 0.0410. The normalized spacial score (nSPS) is 9.93. The van der Waals surface area contributed by atoms with Crippen molar-refractivity contribution in [3.05, 3.63) is 28.0 Å². The van der Waals surface area contributed by atoms with E-state index >= 15 is 0 Å². The summed E-state index contributed by atoms with van der Waals surface area (Å²) >= 11 is 3.03. The van der Waals surface area contributed by atoms with Crippen LogP contribution in [0.2, 0.25) is 0 Å². The molecule has 2 N–H and O–H groups in total. The first-order valence-corrected chi connectivity index (χ1v) is 4.64. The molecular formula is C9H9BrFNO2. The highest BCUT2D eigenvalue weighted by Gasteiger charge is 2.13. The molecule has 0 heterocycles. The number of hydrogen-bond donors (Lipinski definition) is 1. The first kappa shape index (κ1) is 11.0. The van der Waals surface area contributed by atoms with E-state index in [1.165, 1.54) is 19.2 Å². The number of halogens is 2. The fourth-order valence-electron chi connectivity index (χ4n) is 1.00. The highest BCUT2D eigenvalue weighted by molar-refractivity contribution is 9.10. The third-order valence-corrected chi connectivity index (χ3v) is 2.64. The molecule has 5 heteroatoms. The van der Waals surface area contributed by atoms with Crippen LogP contribution in [0, 0.1) is 5.82 Å². The molecule has 0 unspecified atom stereocenters. The fourth-order valence-corrected chi connectivity index (χ4v) is 1.51. The minimum Gasteiger partial charge on any atom is -0.469 e. The lowest BCUT2D eigenvalue weighted by atomic mass is 10.1. The third kappa shape index (κ3) is 2.23. The number of nitrogen functional groups attached to an aromatic ring is 1. The predicted octanol–water partition coefficient (Wildman–Crippen LogP) is 1.89. The maximum Gasteiger partial charge on any atom is 0.310 e. The van der Waals surface area contributed by atoms with Crippen molar-refractivity contribution in [1.29, 1.82) is 0 Å². The second-order valence-corrected chi connectivity index (χ2v) is 3.48. The molecule has 0 radical (unpaired) electrons. The van der Waals surface area contributed by atoms with E-state index in [0.717, 1.165) is 0 Å². The molecule has 0 fully saturated rings.